The second-order valence-electron chi connectivity index (χ2n) is 2.42. The summed E-state index contributed by atoms with van der Waals surface area (Å²) in [6.07, 6.45) is 4.27. The van der Waals surface area contributed by atoms with E-state index in [9.17, 15) is 10.1 Å². The van der Waals surface area contributed by atoms with Crippen LogP contribution in [0, 0.1) is 10.1 Å². The van der Waals surface area contributed by atoms with Crippen molar-refractivity contribution in [2.24, 2.45) is 0 Å². The van der Waals surface area contributed by atoms with Crippen molar-refractivity contribution in [3.05, 3.63) is 45.5 Å². The first-order valence-corrected chi connectivity index (χ1v) is 5.10. The van der Waals surface area contributed by atoms with Crippen molar-refractivity contribution in [3.63, 3.8) is 0 Å². The third-order valence-electron chi connectivity index (χ3n) is 1.46. The van der Waals surface area contributed by atoms with Gasteiger partial charge in [-0.3, -0.25) is 10.1 Å². The van der Waals surface area contributed by atoms with Crippen molar-refractivity contribution in [2.45, 2.75) is 6.54 Å². The lowest BCUT2D eigenvalue weighted by Gasteiger charge is -2.02. The smallest absolute Gasteiger partial charge is 0.263 e. The number of hydrogen-bond donors (Lipinski definition) is 1. The van der Waals surface area contributed by atoms with E-state index in [0.717, 1.165) is 12.0 Å². The Kier molecular flexibility index (Phi) is 4.06. The van der Waals surface area contributed by atoms with Crippen molar-refractivity contribution in [1.29, 1.82) is 0 Å². The molecule has 1 heterocycles. The first-order chi connectivity index (χ1) is 6.72. The molecule has 1 rings (SSSR count). The van der Waals surface area contributed by atoms with Crippen LogP contribution in [0.25, 0.3) is 0 Å². The van der Waals surface area contributed by atoms with E-state index in [4.69, 9.17) is 4.42 Å². The van der Waals surface area contributed by atoms with Gasteiger partial charge >= 0.3 is 0 Å². The minimum absolute atomic E-state index is 0.452. The monoisotopic (exact) mass is 214 g/mol. The zero-order valence-electron chi connectivity index (χ0n) is 7.60. The Morgan fingerprint density at radius 3 is 3.14 bits per heavy atom. The lowest BCUT2D eigenvalue weighted by Crippen LogP contribution is -2.11. The summed E-state index contributed by atoms with van der Waals surface area (Å²) in [7, 11) is 0. The molecule has 0 aliphatic heterocycles. The molecule has 0 saturated heterocycles. The molecular weight excluding hydrogens is 204 g/mol. The van der Waals surface area contributed by atoms with Crippen LogP contribution < -0.4 is 5.32 Å². The summed E-state index contributed by atoms with van der Waals surface area (Å²) in [5, 5.41) is 13.6. The number of rotatable bonds is 5. The third kappa shape index (κ3) is 3.53. The van der Waals surface area contributed by atoms with Crippen LogP contribution in [0.2, 0.25) is 0 Å². The van der Waals surface area contributed by atoms with E-state index in [2.05, 4.69) is 5.32 Å². The van der Waals surface area contributed by atoms with Crippen LogP contribution in [0.4, 0.5) is 0 Å². The number of hydrogen-bond acceptors (Lipinski definition) is 5. The van der Waals surface area contributed by atoms with E-state index in [1.807, 2.05) is 0 Å². The molecule has 1 N–H and O–H groups in total. The summed E-state index contributed by atoms with van der Waals surface area (Å²) < 4.78 is 5.06. The second kappa shape index (κ2) is 5.33. The molecule has 0 amide bonds. The van der Waals surface area contributed by atoms with Crippen molar-refractivity contribution in [2.75, 3.05) is 6.26 Å². The Labute approximate surface area is 85.3 Å². The molecule has 0 saturated carbocycles. The largest absolute Gasteiger partial charge is 0.467 e. The molecule has 0 spiro atoms. The molecule has 76 valence electrons. The summed E-state index contributed by atoms with van der Waals surface area (Å²) in [5.74, 6) is 0.744. The van der Waals surface area contributed by atoms with Gasteiger partial charge in [-0.1, -0.05) is 0 Å². The molecule has 0 aromatic carbocycles. The van der Waals surface area contributed by atoms with Gasteiger partial charge in [0.15, 0.2) is 0 Å². The fourth-order valence-electron chi connectivity index (χ4n) is 0.854. The average Bonchev–Trinajstić information content (AvgIpc) is 2.64. The normalized spacial score (nSPS) is 11.4. The Balaban J connectivity index is 2.46. The van der Waals surface area contributed by atoms with Gasteiger partial charge in [-0.15, -0.1) is 11.8 Å². The molecule has 1 aromatic rings. The maximum atomic E-state index is 10.2. The van der Waals surface area contributed by atoms with Crippen LogP contribution in [0.5, 0.6) is 0 Å². The maximum Gasteiger partial charge on any atom is 0.263 e. The van der Waals surface area contributed by atoms with Crippen LogP contribution in [-0.2, 0) is 6.54 Å². The van der Waals surface area contributed by atoms with E-state index in [-0.39, 0.29) is 0 Å². The molecule has 0 aliphatic carbocycles. The highest BCUT2D eigenvalue weighted by Crippen LogP contribution is 2.09. The number of nitrogens with zero attached hydrogens (tertiary/aromatic N) is 1. The molecule has 0 radical (unpaired) electrons. The summed E-state index contributed by atoms with van der Waals surface area (Å²) in [4.78, 5) is 9.70. The highest BCUT2D eigenvalue weighted by atomic mass is 32.2. The lowest BCUT2D eigenvalue weighted by atomic mass is 10.4. The molecule has 0 unspecified atom stereocenters. The quantitative estimate of drug-likeness (QED) is 0.598. The van der Waals surface area contributed by atoms with Crippen molar-refractivity contribution >= 4 is 11.8 Å². The molecule has 1 aromatic heterocycles. The Morgan fingerprint density at radius 2 is 2.64 bits per heavy atom. The van der Waals surface area contributed by atoms with E-state index in [0.29, 0.717) is 11.6 Å². The first kappa shape index (κ1) is 10.6. The molecule has 0 fully saturated rings. The first-order valence-electron chi connectivity index (χ1n) is 3.88. The Morgan fingerprint density at radius 1 is 1.86 bits per heavy atom. The molecule has 0 atom stereocenters. The summed E-state index contributed by atoms with van der Waals surface area (Å²) in [6, 6.07) is 3.57. The number of thioether (sulfide) groups is 1. The topological polar surface area (TPSA) is 68.3 Å². The molecule has 5 nitrogen and oxygen atoms in total. The predicted molar refractivity (Wildman–Crippen MR) is 54.1 cm³/mol. The SMILES string of the molecule is CSC(=C[N+](=O)[O-])NCc1ccco1. The van der Waals surface area contributed by atoms with Crippen LogP contribution in [0.15, 0.2) is 34.0 Å². The highest BCUT2D eigenvalue weighted by molar-refractivity contribution is 8.02. The zero-order chi connectivity index (χ0) is 10.4. The van der Waals surface area contributed by atoms with Gasteiger partial charge in [0.05, 0.1) is 17.7 Å². The average molecular weight is 214 g/mol. The van der Waals surface area contributed by atoms with Gasteiger partial charge in [0.25, 0.3) is 6.20 Å². The van der Waals surface area contributed by atoms with Gasteiger partial charge in [-0.25, -0.2) is 0 Å². The van der Waals surface area contributed by atoms with Gasteiger partial charge in [0, 0.05) is 0 Å². The maximum absolute atomic E-state index is 10.2. The minimum Gasteiger partial charge on any atom is -0.467 e. The van der Waals surface area contributed by atoms with Gasteiger partial charge in [-0.2, -0.15) is 0 Å². The molecule has 0 bridgehead atoms. The second-order valence-corrected chi connectivity index (χ2v) is 3.26. The number of furan rings is 1. The van der Waals surface area contributed by atoms with Crippen molar-refractivity contribution < 1.29 is 9.34 Å². The van der Waals surface area contributed by atoms with Crippen LogP contribution in [0.3, 0.4) is 0 Å². The third-order valence-corrected chi connectivity index (χ3v) is 2.15. The van der Waals surface area contributed by atoms with Gasteiger partial charge in [0.2, 0.25) is 0 Å². The van der Waals surface area contributed by atoms with Crippen molar-refractivity contribution in [3.8, 4) is 0 Å². The van der Waals surface area contributed by atoms with Gasteiger partial charge < -0.3 is 9.73 Å². The standard InChI is InChI=1S/C8H10N2O3S/c1-14-8(6-10(11)12)9-5-7-3-2-4-13-7/h2-4,6,9H,5H2,1H3. The van der Waals surface area contributed by atoms with Crippen molar-refractivity contribution in [1.82, 2.24) is 5.32 Å². The zero-order valence-corrected chi connectivity index (χ0v) is 8.41. The predicted octanol–water partition coefficient (Wildman–Crippen LogP) is 1.81. The van der Waals surface area contributed by atoms with E-state index in [1.54, 1.807) is 24.7 Å². The van der Waals surface area contributed by atoms with Crippen LogP contribution in [-0.4, -0.2) is 11.2 Å². The Bertz CT molecular complexity index is 321. The Hall–Kier alpha value is -1.43. The van der Waals surface area contributed by atoms with E-state index >= 15 is 0 Å². The van der Waals surface area contributed by atoms with Gasteiger partial charge in [-0.05, 0) is 18.4 Å². The number of nitrogens with one attached hydrogen (secondary N) is 1. The van der Waals surface area contributed by atoms with Crippen LogP contribution >= 0.6 is 11.8 Å². The summed E-state index contributed by atoms with van der Waals surface area (Å²) >= 11 is 1.29. The van der Waals surface area contributed by atoms with E-state index in [1.165, 1.54) is 11.8 Å². The lowest BCUT2D eigenvalue weighted by molar-refractivity contribution is -0.403. The van der Waals surface area contributed by atoms with E-state index < -0.39 is 4.92 Å². The number of nitro groups is 1. The summed E-state index contributed by atoms with van der Waals surface area (Å²) in [6.45, 7) is 0.452. The summed E-state index contributed by atoms with van der Waals surface area (Å²) in [5.41, 5.74) is 0. The molecule has 0 aliphatic rings. The van der Waals surface area contributed by atoms with Gasteiger partial charge in [0.1, 0.15) is 10.8 Å². The molecule has 14 heavy (non-hydrogen) atoms. The highest BCUT2D eigenvalue weighted by Gasteiger charge is 2.01. The molecular formula is C8H10N2O3S. The fourth-order valence-corrected chi connectivity index (χ4v) is 1.26. The minimum atomic E-state index is -0.485. The fraction of sp³-hybridized carbons (Fsp3) is 0.250. The van der Waals surface area contributed by atoms with Crippen LogP contribution in [0.1, 0.15) is 5.76 Å². The molecule has 6 heteroatoms.